The first-order chi connectivity index (χ1) is 9.40. The van der Waals surface area contributed by atoms with E-state index >= 15 is 0 Å². The highest BCUT2D eigenvalue weighted by Crippen LogP contribution is 2.49. The highest BCUT2D eigenvalue weighted by molar-refractivity contribution is 7.48. The summed E-state index contributed by atoms with van der Waals surface area (Å²) in [6, 6.07) is -0.200. The van der Waals surface area contributed by atoms with Gasteiger partial charge in [-0.2, -0.15) is 5.06 Å². The van der Waals surface area contributed by atoms with Gasteiger partial charge in [0.05, 0.1) is 25.9 Å². The van der Waals surface area contributed by atoms with Crippen molar-refractivity contribution in [3.8, 4) is 0 Å². The number of hydrogen-bond acceptors (Lipinski definition) is 8. The SMILES string of the molecule is CCOP(=O)(OCC)OC[C@H]1C[C@H](OC(C)=O)ON1C. The molecule has 118 valence electrons. The predicted octanol–water partition coefficient (Wildman–Crippen LogP) is 1.71. The Balaban J connectivity index is 2.47. The molecule has 0 aromatic rings. The highest BCUT2D eigenvalue weighted by atomic mass is 31.2. The Bertz CT molecular complexity index is 355. The molecule has 20 heavy (non-hydrogen) atoms. The Hall–Kier alpha value is -0.500. The van der Waals surface area contributed by atoms with Crippen LogP contribution in [0.3, 0.4) is 0 Å². The summed E-state index contributed by atoms with van der Waals surface area (Å²) in [6.45, 7) is 5.26. The molecule has 1 heterocycles. The molecule has 0 N–H and O–H groups in total. The molecule has 0 spiro atoms. The number of ether oxygens (including phenoxy) is 1. The molecule has 0 aromatic carbocycles. The van der Waals surface area contributed by atoms with Gasteiger partial charge in [-0.15, -0.1) is 0 Å². The van der Waals surface area contributed by atoms with E-state index in [1.807, 2.05) is 0 Å². The number of hydrogen-bond donors (Lipinski definition) is 0. The maximum absolute atomic E-state index is 12.1. The number of rotatable bonds is 8. The van der Waals surface area contributed by atoms with Crippen molar-refractivity contribution < 1.29 is 32.5 Å². The number of phosphoric ester groups is 1. The summed E-state index contributed by atoms with van der Waals surface area (Å²) >= 11 is 0. The summed E-state index contributed by atoms with van der Waals surface area (Å²) in [7, 11) is -1.85. The van der Waals surface area contributed by atoms with Crippen LogP contribution in [0.2, 0.25) is 0 Å². The van der Waals surface area contributed by atoms with Crippen LogP contribution in [0.1, 0.15) is 27.2 Å². The number of carbonyl (C=O) groups excluding carboxylic acids is 1. The molecular weight excluding hydrogens is 289 g/mol. The summed E-state index contributed by atoms with van der Waals surface area (Å²) in [5, 5.41) is 1.51. The van der Waals surface area contributed by atoms with Crippen molar-refractivity contribution in [2.24, 2.45) is 0 Å². The highest BCUT2D eigenvalue weighted by Gasteiger charge is 2.36. The van der Waals surface area contributed by atoms with E-state index in [4.69, 9.17) is 23.1 Å². The number of esters is 1. The lowest BCUT2D eigenvalue weighted by atomic mass is 10.2. The molecule has 0 bridgehead atoms. The molecule has 1 aliphatic rings. The van der Waals surface area contributed by atoms with Crippen LogP contribution >= 0.6 is 7.82 Å². The monoisotopic (exact) mass is 311 g/mol. The van der Waals surface area contributed by atoms with Crippen LogP contribution < -0.4 is 0 Å². The van der Waals surface area contributed by atoms with E-state index in [2.05, 4.69) is 0 Å². The quantitative estimate of drug-likeness (QED) is 0.495. The lowest BCUT2D eigenvalue weighted by molar-refractivity contribution is -0.226. The molecule has 0 aromatic heterocycles. The molecule has 1 saturated heterocycles. The van der Waals surface area contributed by atoms with Gasteiger partial charge in [-0.05, 0) is 13.8 Å². The fraction of sp³-hybridized carbons (Fsp3) is 0.909. The van der Waals surface area contributed by atoms with Crippen molar-refractivity contribution in [2.45, 2.75) is 39.5 Å². The minimum absolute atomic E-state index is 0.0888. The van der Waals surface area contributed by atoms with Gasteiger partial charge >= 0.3 is 13.8 Å². The average molecular weight is 311 g/mol. The number of likely N-dealkylation sites (N-methyl/N-ethyl adjacent to an activating group) is 1. The Morgan fingerprint density at radius 2 is 1.90 bits per heavy atom. The van der Waals surface area contributed by atoms with Crippen molar-refractivity contribution in [2.75, 3.05) is 26.9 Å². The number of carbonyl (C=O) groups is 1. The number of phosphoric acid groups is 1. The van der Waals surface area contributed by atoms with Gasteiger partial charge < -0.3 is 4.74 Å². The predicted molar refractivity (Wildman–Crippen MR) is 69.6 cm³/mol. The third kappa shape index (κ3) is 5.47. The summed E-state index contributed by atoms with van der Waals surface area (Å²) in [4.78, 5) is 16.2. The van der Waals surface area contributed by atoms with Crippen LogP contribution in [0.25, 0.3) is 0 Å². The molecule has 0 amide bonds. The molecule has 0 saturated carbocycles. The van der Waals surface area contributed by atoms with Crippen molar-refractivity contribution in [3.05, 3.63) is 0 Å². The first-order valence-electron chi connectivity index (χ1n) is 6.50. The first-order valence-corrected chi connectivity index (χ1v) is 7.96. The Labute approximate surface area is 118 Å². The zero-order valence-corrected chi connectivity index (χ0v) is 13.1. The van der Waals surface area contributed by atoms with Gasteiger partial charge in [0, 0.05) is 20.4 Å². The smallest absolute Gasteiger partial charge is 0.434 e. The van der Waals surface area contributed by atoms with Crippen molar-refractivity contribution >= 4 is 13.8 Å². The first kappa shape index (κ1) is 17.6. The van der Waals surface area contributed by atoms with Gasteiger partial charge in [-0.3, -0.25) is 23.2 Å². The van der Waals surface area contributed by atoms with Crippen LogP contribution in [-0.2, 0) is 32.5 Å². The molecule has 9 heteroatoms. The summed E-state index contributed by atoms with van der Waals surface area (Å²) < 4.78 is 32.4. The lowest BCUT2D eigenvalue weighted by Gasteiger charge is -2.20. The third-order valence-corrected chi connectivity index (χ3v) is 4.17. The molecule has 0 unspecified atom stereocenters. The molecule has 1 rings (SSSR count). The maximum Gasteiger partial charge on any atom is 0.474 e. The molecule has 1 fully saturated rings. The second-order valence-electron chi connectivity index (χ2n) is 4.16. The topological polar surface area (TPSA) is 83.5 Å². The molecule has 2 atom stereocenters. The van der Waals surface area contributed by atoms with Gasteiger partial charge in [0.1, 0.15) is 0 Å². The molecule has 8 nitrogen and oxygen atoms in total. The Kier molecular flexibility index (Phi) is 7.08. The van der Waals surface area contributed by atoms with Gasteiger partial charge in [-0.25, -0.2) is 4.57 Å². The van der Waals surface area contributed by atoms with Crippen LogP contribution in [0, 0.1) is 0 Å². The molecule has 0 radical (unpaired) electrons. The van der Waals surface area contributed by atoms with Crippen LogP contribution in [0.15, 0.2) is 0 Å². The normalized spacial score (nSPS) is 24.0. The van der Waals surface area contributed by atoms with Crippen LogP contribution in [-0.4, -0.2) is 50.2 Å². The third-order valence-electron chi connectivity index (χ3n) is 2.56. The van der Waals surface area contributed by atoms with Gasteiger partial charge in [-0.1, -0.05) is 0 Å². The number of hydroxylamine groups is 2. The minimum Gasteiger partial charge on any atom is -0.434 e. The van der Waals surface area contributed by atoms with Gasteiger partial charge in [0.15, 0.2) is 0 Å². The Morgan fingerprint density at radius 3 is 2.40 bits per heavy atom. The summed E-state index contributed by atoms with van der Waals surface area (Å²) in [5.74, 6) is -0.417. The largest absolute Gasteiger partial charge is 0.474 e. The summed E-state index contributed by atoms with van der Waals surface area (Å²) in [6.07, 6.45) is -0.224. The molecule has 1 aliphatic heterocycles. The zero-order chi connectivity index (χ0) is 15.2. The average Bonchev–Trinajstić information content (AvgIpc) is 2.67. The van der Waals surface area contributed by atoms with Crippen molar-refractivity contribution in [3.63, 3.8) is 0 Å². The lowest BCUT2D eigenvalue weighted by Crippen LogP contribution is -2.28. The minimum atomic E-state index is -3.54. The van der Waals surface area contributed by atoms with Crippen LogP contribution in [0.4, 0.5) is 0 Å². The van der Waals surface area contributed by atoms with E-state index < -0.39 is 20.1 Å². The van der Waals surface area contributed by atoms with E-state index in [1.165, 1.54) is 12.0 Å². The molecule has 0 aliphatic carbocycles. The second-order valence-corrected chi connectivity index (χ2v) is 5.83. The summed E-state index contributed by atoms with van der Waals surface area (Å²) in [5.41, 5.74) is 0. The van der Waals surface area contributed by atoms with Crippen molar-refractivity contribution in [1.29, 1.82) is 0 Å². The van der Waals surface area contributed by atoms with E-state index in [1.54, 1.807) is 20.9 Å². The Morgan fingerprint density at radius 1 is 1.30 bits per heavy atom. The fourth-order valence-electron chi connectivity index (χ4n) is 1.72. The van der Waals surface area contributed by atoms with E-state index in [9.17, 15) is 9.36 Å². The second kappa shape index (κ2) is 8.07. The number of nitrogens with zero attached hydrogens (tertiary/aromatic N) is 1. The van der Waals surface area contributed by atoms with Gasteiger partial charge in [0.2, 0.25) is 6.29 Å². The van der Waals surface area contributed by atoms with Crippen molar-refractivity contribution in [1.82, 2.24) is 5.06 Å². The van der Waals surface area contributed by atoms with E-state index in [-0.39, 0.29) is 25.9 Å². The van der Waals surface area contributed by atoms with E-state index in [0.717, 1.165) is 0 Å². The van der Waals surface area contributed by atoms with E-state index in [0.29, 0.717) is 6.42 Å². The van der Waals surface area contributed by atoms with Gasteiger partial charge in [0.25, 0.3) is 0 Å². The zero-order valence-electron chi connectivity index (χ0n) is 12.2. The standard InChI is InChI=1S/C11H22NO7P/c1-5-15-20(14,16-6-2)17-8-10-7-11(18-9(3)13)19-12(10)4/h10-11H,5-8H2,1-4H3/t10-,11-/m1/s1. The fourth-order valence-corrected chi connectivity index (χ4v) is 2.93. The molecular formula is C11H22NO7P. The van der Waals surface area contributed by atoms with Crippen LogP contribution in [0.5, 0.6) is 0 Å². The maximum atomic E-state index is 12.1.